The molecule has 1 aliphatic carbocycles. The summed E-state index contributed by atoms with van der Waals surface area (Å²) in [7, 11) is -3.66. The topological polar surface area (TPSA) is 80.8 Å². The Labute approximate surface area is 118 Å². The highest BCUT2D eigenvalue weighted by atomic mass is 32.2. The van der Waals surface area contributed by atoms with Gasteiger partial charge < -0.3 is 4.74 Å². The van der Waals surface area contributed by atoms with Crippen molar-refractivity contribution in [1.29, 1.82) is 0 Å². The first-order chi connectivity index (χ1) is 9.20. The van der Waals surface area contributed by atoms with Crippen molar-refractivity contribution >= 4 is 21.8 Å². The fraction of sp³-hybridized carbons (Fsp3) is 0.538. The van der Waals surface area contributed by atoms with Crippen LogP contribution in [0.4, 0.5) is 0 Å². The zero-order valence-corrected chi connectivity index (χ0v) is 12.4. The molecule has 1 heterocycles. The number of ketones is 1. The van der Waals surface area contributed by atoms with E-state index in [1.807, 2.05) is 0 Å². The second-order valence-electron chi connectivity index (χ2n) is 5.14. The molecule has 0 aromatic heterocycles. The molecule has 0 aromatic rings. The van der Waals surface area contributed by atoms with E-state index in [1.54, 1.807) is 19.9 Å². The molecule has 2 aliphatic rings. The third-order valence-corrected chi connectivity index (χ3v) is 4.86. The lowest BCUT2D eigenvalue weighted by Gasteiger charge is -2.39. The Kier molecular flexibility index (Phi) is 3.49. The number of hydrogen-bond donors (Lipinski definition) is 0. The average molecular weight is 299 g/mol. The molecule has 1 aliphatic heterocycles. The molecule has 0 saturated heterocycles. The lowest BCUT2D eigenvalue weighted by molar-refractivity contribution is -0.139. The van der Waals surface area contributed by atoms with Crippen LogP contribution in [0.15, 0.2) is 23.9 Å². The zero-order chi connectivity index (χ0) is 15.1. The molecule has 0 bridgehead atoms. The monoisotopic (exact) mass is 299 g/mol. The quantitative estimate of drug-likeness (QED) is 0.713. The number of hydrogen-bond acceptors (Lipinski definition) is 5. The number of sulfonamides is 1. The molecule has 0 radical (unpaired) electrons. The van der Waals surface area contributed by atoms with E-state index in [0.29, 0.717) is 0 Å². The van der Waals surface area contributed by atoms with Gasteiger partial charge in [-0.15, -0.1) is 0 Å². The molecule has 2 rings (SSSR count). The van der Waals surface area contributed by atoms with E-state index in [-0.39, 0.29) is 30.4 Å². The van der Waals surface area contributed by atoms with Gasteiger partial charge in [0.25, 0.3) is 0 Å². The summed E-state index contributed by atoms with van der Waals surface area (Å²) in [6.45, 7) is 3.50. The molecule has 2 atom stereocenters. The number of fused-ring (bicyclic) bond motifs is 1. The molecule has 0 fully saturated rings. The van der Waals surface area contributed by atoms with E-state index < -0.39 is 21.5 Å². The van der Waals surface area contributed by atoms with Crippen LogP contribution in [0.1, 0.15) is 20.3 Å². The van der Waals surface area contributed by atoms with E-state index in [9.17, 15) is 18.0 Å². The predicted molar refractivity (Wildman–Crippen MR) is 72.1 cm³/mol. The molecule has 0 N–H and O–H groups in total. The van der Waals surface area contributed by atoms with Gasteiger partial charge in [-0.05, 0) is 26.0 Å². The van der Waals surface area contributed by atoms with Crippen LogP contribution >= 0.6 is 0 Å². The Morgan fingerprint density at radius 2 is 2.20 bits per heavy atom. The lowest BCUT2D eigenvalue weighted by Crippen LogP contribution is -2.50. The summed E-state index contributed by atoms with van der Waals surface area (Å²) in [5, 5.41) is 0. The number of allylic oxidation sites excluding steroid dienone is 1. The van der Waals surface area contributed by atoms with Crippen molar-refractivity contribution in [3.8, 4) is 0 Å². The fourth-order valence-electron chi connectivity index (χ4n) is 2.73. The summed E-state index contributed by atoms with van der Waals surface area (Å²) in [5.41, 5.74) is -0.940. The van der Waals surface area contributed by atoms with E-state index in [2.05, 4.69) is 0 Å². The highest BCUT2D eigenvalue weighted by molar-refractivity contribution is 7.88. The predicted octanol–water partition coefficient (Wildman–Crippen LogP) is 0.613. The first kappa shape index (κ1) is 14.8. The number of carbonyl (C=O) groups excluding carboxylic acids is 2. The highest BCUT2D eigenvalue weighted by Crippen LogP contribution is 2.44. The van der Waals surface area contributed by atoms with E-state index >= 15 is 0 Å². The second-order valence-corrected chi connectivity index (χ2v) is 6.97. The minimum Gasteiger partial charge on any atom is -0.461 e. The highest BCUT2D eigenvalue weighted by Gasteiger charge is 2.51. The molecule has 2 unspecified atom stereocenters. The summed E-state index contributed by atoms with van der Waals surface area (Å²) in [4.78, 5) is 23.5. The Bertz CT molecular complexity index is 619. The smallest absolute Gasteiger partial charge is 0.355 e. The molecule has 7 heteroatoms. The van der Waals surface area contributed by atoms with Crippen LogP contribution in [0.5, 0.6) is 0 Å². The molecular weight excluding hydrogens is 282 g/mol. The first-order valence-electron chi connectivity index (χ1n) is 6.31. The van der Waals surface area contributed by atoms with Gasteiger partial charge >= 0.3 is 5.97 Å². The Hall–Kier alpha value is -1.63. The van der Waals surface area contributed by atoms with E-state index in [1.165, 1.54) is 12.2 Å². The first-order valence-corrected chi connectivity index (χ1v) is 8.16. The number of esters is 1. The molecule has 110 valence electrons. The van der Waals surface area contributed by atoms with E-state index in [4.69, 9.17) is 4.74 Å². The van der Waals surface area contributed by atoms with Gasteiger partial charge in [0.05, 0.1) is 18.4 Å². The molecule has 0 aromatic carbocycles. The van der Waals surface area contributed by atoms with Crippen molar-refractivity contribution in [2.75, 3.05) is 12.9 Å². The fourth-order valence-corrected chi connectivity index (χ4v) is 4.14. The van der Waals surface area contributed by atoms with Crippen molar-refractivity contribution in [2.45, 2.75) is 25.8 Å². The van der Waals surface area contributed by atoms with Gasteiger partial charge in [-0.3, -0.25) is 9.10 Å². The second kappa shape index (κ2) is 4.73. The van der Waals surface area contributed by atoms with Crippen LogP contribution in [0, 0.1) is 5.92 Å². The van der Waals surface area contributed by atoms with Gasteiger partial charge in [-0.1, -0.05) is 6.08 Å². The van der Waals surface area contributed by atoms with Gasteiger partial charge in [0.1, 0.15) is 5.70 Å². The van der Waals surface area contributed by atoms with Crippen LogP contribution in [-0.4, -0.2) is 42.9 Å². The summed E-state index contributed by atoms with van der Waals surface area (Å²) in [6.07, 6.45) is 5.67. The van der Waals surface area contributed by atoms with Gasteiger partial charge in [0, 0.05) is 12.3 Å². The third-order valence-electron chi connectivity index (χ3n) is 3.61. The van der Waals surface area contributed by atoms with Crippen molar-refractivity contribution in [3.63, 3.8) is 0 Å². The largest absolute Gasteiger partial charge is 0.461 e. The minimum atomic E-state index is -3.66. The molecule has 6 nitrogen and oxygen atoms in total. The zero-order valence-electron chi connectivity index (χ0n) is 11.6. The van der Waals surface area contributed by atoms with E-state index in [0.717, 1.165) is 10.6 Å². The summed E-state index contributed by atoms with van der Waals surface area (Å²) in [6, 6.07) is 0. The van der Waals surface area contributed by atoms with Gasteiger partial charge in [0.2, 0.25) is 10.0 Å². The van der Waals surface area contributed by atoms with Crippen LogP contribution in [0.2, 0.25) is 0 Å². The standard InChI is InChI=1S/C13H17NO5S/c1-4-19-12(16)11-8-9-7-10(15)5-6-13(9,2)14(11)20(3,17)18/h5-6,8-9H,4,7H2,1-3H3. The number of rotatable bonds is 3. The number of carbonyl (C=O) groups is 2. The van der Waals surface area contributed by atoms with Crippen molar-refractivity contribution in [1.82, 2.24) is 4.31 Å². The summed E-state index contributed by atoms with van der Waals surface area (Å²) in [5.74, 6) is -1.12. The molecular formula is C13H17NO5S. The SMILES string of the molecule is CCOC(=O)C1=CC2CC(=O)C=CC2(C)N1S(C)(=O)=O. The Morgan fingerprint density at radius 1 is 1.55 bits per heavy atom. The van der Waals surface area contributed by atoms with Crippen molar-refractivity contribution < 1.29 is 22.7 Å². The maximum Gasteiger partial charge on any atom is 0.355 e. The molecule has 20 heavy (non-hydrogen) atoms. The molecule has 0 amide bonds. The van der Waals surface area contributed by atoms with Crippen LogP contribution < -0.4 is 0 Å². The maximum absolute atomic E-state index is 12.1. The molecule has 0 saturated carbocycles. The lowest BCUT2D eigenvalue weighted by atomic mass is 9.80. The minimum absolute atomic E-state index is 0.0128. The van der Waals surface area contributed by atoms with Gasteiger partial charge in [-0.25, -0.2) is 13.2 Å². The normalized spacial score (nSPS) is 29.1. The molecule has 0 spiro atoms. The van der Waals surface area contributed by atoms with Gasteiger partial charge in [-0.2, -0.15) is 0 Å². The van der Waals surface area contributed by atoms with Crippen LogP contribution in [0.3, 0.4) is 0 Å². The average Bonchev–Trinajstić information content (AvgIpc) is 2.62. The van der Waals surface area contributed by atoms with Crippen LogP contribution in [-0.2, 0) is 24.3 Å². The van der Waals surface area contributed by atoms with Crippen molar-refractivity contribution in [3.05, 3.63) is 23.9 Å². The van der Waals surface area contributed by atoms with Gasteiger partial charge in [0.15, 0.2) is 5.78 Å². The van der Waals surface area contributed by atoms with Crippen molar-refractivity contribution in [2.24, 2.45) is 5.92 Å². The Balaban J connectivity index is 2.53. The number of nitrogens with zero attached hydrogens (tertiary/aromatic N) is 1. The third kappa shape index (κ3) is 2.26. The van der Waals surface area contributed by atoms with Crippen LogP contribution in [0.25, 0.3) is 0 Å². The summed E-state index contributed by atoms with van der Waals surface area (Å²) < 4.78 is 30.1. The summed E-state index contributed by atoms with van der Waals surface area (Å²) >= 11 is 0. The number of ether oxygens (including phenoxy) is 1. The maximum atomic E-state index is 12.1. The Morgan fingerprint density at radius 3 is 2.75 bits per heavy atom.